The summed E-state index contributed by atoms with van der Waals surface area (Å²) in [6.45, 7) is 0.521. The molecule has 2 heterocycles. The first-order valence-electron chi connectivity index (χ1n) is 6.09. The van der Waals surface area contributed by atoms with Gasteiger partial charge in [0.2, 0.25) is 0 Å². The Labute approximate surface area is 127 Å². The van der Waals surface area contributed by atoms with Crippen LogP contribution in [-0.2, 0) is 16.0 Å². The van der Waals surface area contributed by atoms with Crippen molar-refractivity contribution in [3.05, 3.63) is 24.0 Å². The summed E-state index contributed by atoms with van der Waals surface area (Å²) < 4.78 is 29.4. The summed E-state index contributed by atoms with van der Waals surface area (Å²) in [5, 5.41) is 15.1. The van der Waals surface area contributed by atoms with Crippen LogP contribution in [0.15, 0.2) is 27.1 Å². The van der Waals surface area contributed by atoms with Crippen molar-refractivity contribution in [1.82, 2.24) is 15.6 Å². The van der Waals surface area contributed by atoms with Gasteiger partial charge in [-0.15, -0.1) is 8.80 Å². The third-order valence-electron chi connectivity index (χ3n) is 2.52. The van der Waals surface area contributed by atoms with Gasteiger partial charge in [0.15, 0.2) is 11.7 Å². The van der Waals surface area contributed by atoms with Crippen molar-refractivity contribution in [2.75, 3.05) is 19.3 Å². The number of rotatable bonds is 5. The molecule has 2 rings (SSSR count). The Bertz CT molecular complexity index is 672. The van der Waals surface area contributed by atoms with Crippen molar-refractivity contribution in [3.8, 4) is 5.75 Å². The molecule has 8 nitrogen and oxygen atoms in total. The summed E-state index contributed by atoms with van der Waals surface area (Å²) in [6.07, 6.45) is 1.63. The van der Waals surface area contributed by atoms with E-state index in [2.05, 4.69) is 24.4 Å². The molecule has 1 aromatic rings. The number of thioether (sulfide) groups is 1. The lowest BCUT2D eigenvalue weighted by Gasteiger charge is -2.07. The number of hydrogen-bond acceptors (Lipinski definition) is 7. The number of pyridine rings is 1. The standard InChI is InChI=1S/C11H15N5O3S2/c1-12-10-11(16-21(18,19)15-10)14-5-6-20-7-8-9(17)3-2-4-13-8/h2-4,17H,5-7H2,1H3,(H,12,15)(H,14,16). The van der Waals surface area contributed by atoms with Crippen LogP contribution in [0.1, 0.15) is 5.69 Å². The Morgan fingerprint density at radius 3 is 2.81 bits per heavy atom. The lowest BCUT2D eigenvalue weighted by Crippen LogP contribution is -2.37. The maximum Gasteiger partial charge on any atom is 0.367 e. The molecule has 0 radical (unpaired) electrons. The first kappa shape index (κ1) is 15.6. The number of likely N-dealkylation sites (N-methyl/N-ethyl adjacent to an activating group) is 1. The van der Waals surface area contributed by atoms with Gasteiger partial charge in [-0.05, 0) is 12.1 Å². The van der Waals surface area contributed by atoms with E-state index in [4.69, 9.17) is 0 Å². The molecule has 1 aromatic heterocycles. The van der Waals surface area contributed by atoms with Crippen LogP contribution < -0.4 is 10.6 Å². The van der Waals surface area contributed by atoms with Crippen LogP contribution in [0.3, 0.4) is 0 Å². The van der Waals surface area contributed by atoms with E-state index in [1.165, 1.54) is 0 Å². The molecule has 0 saturated heterocycles. The summed E-state index contributed by atoms with van der Waals surface area (Å²) >= 11 is 1.56. The Kier molecular flexibility index (Phi) is 5.02. The zero-order valence-electron chi connectivity index (χ0n) is 11.3. The highest BCUT2D eigenvalue weighted by molar-refractivity contribution is 7.98. The van der Waals surface area contributed by atoms with Gasteiger partial charge >= 0.3 is 10.2 Å². The van der Waals surface area contributed by atoms with Crippen molar-refractivity contribution in [3.63, 3.8) is 0 Å². The first-order valence-corrected chi connectivity index (χ1v) is 8.64. The molecule has 1 aliphatic rings. The van der Waals surface area contributed by atoms with E-state index in [0.717, 1.165) is 0 Å². The molecule has 0 spiro atoms. The molecular formula is C11H15N5O3S2. The predicted octanol–water partition coefficient (Wildman–Crippen LogP) is -0.115. The number of hydrogen-bond donors (Lipinski definition) is 3. The maximum absolute atomic E-state index is 11.2. The van der Waals surface area contributed by atoms with Crippen molar-refractivity contribution >= 4 is 33.6 Å². The highest BCUT2D eigenvalue weighted by atomic mass is 32.2. The average molecular weight is 329 g/mol. The summed E-state index contributed by atoms with van der Waals surface area (Å²) in [4.78, 5) is 4.07. The fourth-order valence-corrected chi connectivity index (χ4v) is 3.21. The number of aromatic hydroxyl groups is 1. The van der Waals surface area contributed by atoms with Crippen molar-refractivity contribution in [2.45, 2.75) is 5.75 Å². The number of amidine groups is 2. The van der Waals surface area contributed by atoms with Gasteiger partial charge in [-0.2, -0.15) is 20.2 Å². The summed E-state index contributed by atoms with van der Waals surface area (Å²) in [5.74, 6) is 1.88. The van der Waals surface area contributed by atoms with Crippen LogP contribution >= 0.6 is 11.8 Å². The summed E-state index contributed by atoms with van der Waals surface area (Å²) in [6, 6.07) is 3.26. The van der Waals surface area contributed by atoms with Gasteiger partial charge in [-0.1, -0.05) is 0 Å². The highest BCUT2D eigenvalue weighted by Crippen LogP contribution is 2.18. The van der Waals surface area contributed by atoms with Crippen LogP contribution in [0.4, 0.5) is 0 Å². The molecule has 0 atom stereocenters. The fourth-order valence-electron chi connectivity index (χ4n) is 1.57. The van der Waals surface area contributed by atoms with E-state index >= 15 is 0 Å². The molecule has 0 amide bonds. The maximum atomic E-state index is 11.2. The normalized spacial score (nSPS) is 16.2. The van der Waals surface area contributed by atoms with Gasteiger partial charge in [0.1, 0.15) is 5.75 Å². The topological polar surface area (TPSA) is 116 Å². The summed E-state index contributed by atoms with van der Waals surface area (Å²) in [5.41, 5.74) is 0.626. The molecule has 1 aliphatic heterocycles. The van der Waals surface area contributed by atoms with Gasteiger partial charge in [0.25, 0.3) is 0 Å². The second kappa shape index (κ2) is 6.76. The van der Waals surface area contributed by atoms with Crippen LogP contribution in [0, 0.1) is 0 Å². The lowest BCUT2D eigenvalue weighted by molar-refractivity contribution is 0.467. The minimum absolute atomic E-state index is 0.175. The first-order chi connectivity index (χ1) is 10.0. The molecule has 0 saturated carbocycles. The Balaban J connectivity index is 1.76. The second-order valence-corrected chi connectivity index (χ2v) is 6.39. The van der Waals surface area contributed by atoms with E-state index in [-0.39, 0.29) is 17.4 Å². The molecule has 3 N–H and O–H groups in total. The zero-order chi connectivity index (χ0) is 15.3. The second-order valence-electron chi connectivity index (χ2n) is 4.03. The predicted molar refractivity (Wildman–Crippen MR) is 82.9 cm³/mol. The lowest BCUT2D eigenvalue weighted by atomic mass is 10.3. The largest absolute Gasteiger partial charge is 0.506 e. The SMILES string of the molecule is CNC1=NS(=O)(=O)N=C1NCCSCc1ncccc1O. The zero-order valence-corrected chi connectivity index (χ0v) is 12.9. The van der Waals surface area contributed by atoms with E-state index in [1.54, 1.807) is 37.1 Å². The van der Waals surface area contributed by atoms with E-state index in [0.29, 0.717) is 23.7 Å². The van der Waals surface area contributed by atoms with Crippen molar-refractivity contribution < 1.29 is 13.5 Å². The summed E-state index contributed by atoms with van der Waals surface area (Å²) in [7, 11) is -2.17. The fraction of sp³-hybridized carbons (Fsp3) is 0.364. The molecule has 0 bridgehead atoms. The van der Waals surface area contributed by atoms with Gasteiger partial charge in [0.05, 0.1) is 5.69 Å². The van der Waals surface area contributed by atoms with Crippen LogP contribution in [0.5, 0.6) is 5.75 Å². The molecule has 0 aliphatic carbocycles. The number of nitrogens with one attached hydrogen (secondary N) is 2. The third-order valence-corrected chi connectivity index (χ3v) is 4.32. The minimum atomic E-state index is -3.75. The van der Waals surface area contributed by atoms with Crippen molar-refractivity contribution in [2.24, 2.45) is 8.80 Å². The minimum Gasteiger partial charge on any atom is -0.506 e. The van der Waals surface area contributed by atoms with Crippen LogP contribution in [0.2, 0.25) is 0 Å². The molecule has 21 heavy (non-hydrogen) atoms. The quantitative estimate of drug-likeness (QED) is 0.645. The molecule has 0 aromatic carbocycles. The molecule has 10 heteroatoms. The Morgan fingerprint density at radius 1 is 1.33 bits per heavy atom. The van der Waals surface area contributed by atoms with E-state index in [1.807, 2.05) is 0 Å². The van der Waals surface area contributed by atoms with Crippen molar-refractivity contribution in [1.29, 1.82) is 0 Å². The van der Waals surface area contributed by atoms with Gasteiger partial charge in [-0.25, -0.2) is 0 Å². The molecule has 0 unspecified atom stereocenters. The van der Waals surface area contributed by atoms with Crippen LogP contribution in [0.25, 0.3) is 0 Å². The molecular weight excluding hydrogens is 314 g/mol. The van der Waals surface area contributed by atoms with Gasteiger partial charge in [0, 0.05) is 31.3 Å². The highest BCUT2D eigenvalue weighted by Gasteiger charge is 2.22. The average Bonchev–Trinajstić information content (AvgIpc) is 2.75. The Morgan fingerprint density at radius 2 is 2.10 bits per heavy atom. The number of aromatic nitrogens is 1. The smallest absolute Gasteiger partial charge is 0.367 e. The van der Waals surface area contributed by atoms with E-state index < -0.39 is 10.2 Å². The van der Waals surface area contributed by atoms with Crippen LogP contribution in [-0.4, -0.2) is 49.5 Å². The Hall–Kier alpha value is -1.81. The molecule has 114 valence electrons. The third kappa shape index (κ3) is 4.33. The monoisotopic (exact) mass is 329 g/mol. The van der Waals surface area contributed by atoms with Gasteiger partial charge in [-0.3, -0.25) is 4.98 Å². The molecule has 0 fully saturated rings. The van der Waals surface area contributed by atoms with Gasteiger partial charge < -0.3 is 15.7 Å². The number of nitrogens with zero attached hydrogens (tertiary/aromatic N) is 3. The van der Waals surface area contributed by atoms with E-state index in [9.17, 15) is 13.5 Å².